The molecule has 0 spiro atoms. The molecule has 5 heteroatoms. The van der Waals surface area contributed by atoms with Crippen molar-refractivity contribution in [3.8, 4) is 0 Å². The summed E-state index contributed by atoms with van der Waals surface area (Å²) in [4.78, 5) is 7.06. The van der Waals surface area contributed by atoms with Crippen LogP contribution in [-0.2, 0) is 0 Å². The van der Waals surface area contributed by atoms with Crippen molar-refractivity contribution in [2.45, 2.75) is 32.7 Å². The highest BCUT2D eigenvalue weighted by atomic mass is 32.1. The molecule has 2 aromatic rings. The van der Waals surface area contributed by atoms with E-state index in [4.69, 9.17) is 5.73 Å². The molecule has 0 saturated heterocycles. The number of hydrogen-bond acceptors (Lipinski definition) is 5. The number of nitrogens with two attached hydrogens (primary N) is 1. The fraction of sp³-hybridized carbons (Fsp3) is 0.533. The Hall–Kier alpha value is -1.33. The third kappa shape index (κ3) is 2.88. The summed E-state index contributed by atoms with van der Waals surface area (Å²) < 4.78 is 1.17. The lowest BCUT2D eigenvalue weighted by Gasteiger charge is -2.20. The molecule has 3 rings (SSSR count). The van der Waals surface area contributed by atoms with Gasteiger partial charge in [0.2, 0.25) is 0 Å². The maximum absolute atomic E-state index is 6.12. The molecule has 1 heterocycles. The van der Waals surface area contributed by atoms with E-state index in [0.29, 0.717) is 0 Å². The van der Waals surface area contributed by atoms with E-state index in [1.54, 1.807) is 11.3 Å². The molecule has 1 aromatic heterocycles. The molecule has 1 saturated carbocycles. The molecule has 0 bridgehead atoms. The first-order valence-corrected chi connectivity index (χ1v) is 8.13. The van der Waals surface area contributed by atoms with Gasteiger partial charge >= 0.3 is 0 Å². The largest absolute Gasteiger partial charge is 0.397 e. The van der Waals surface area contributed by atoms with Crippen molar-refractivity contribution in [3.05, 3.63) is 17.1 Å². The van der Waals surface area contributed by atoms with E-state index in [1.165, 1.54) is 17.5 Å². The van der Waals surface area contributed by atoms with Crippen molar-refractivity contribution >= 4 is 32.9 Å². The van der Waals surface area contributed by atoms with E-state index >= 15 is 0 Å². The molecule has 3 N–H and O–H groups in total. The summed E-state index contributed by atoms with van der Waals surface area (Å²) in [5.74, 6) is 0. The molecular weight excluding hydrogens is 268 g/mol. The second-order valence-corrected chi connectivity index (χ2v) is 6.66. The van der Waals surface area contributed by atoms with E-state index < -0.39 is 0 Å². The molecule has 108 valence electrons. The average Bonchev–Trinajstić information content (AvgIpc) is 3.18. The highest BCUT2D eigenvalue weighted by Gasteiger charge is 2.27. The second kappa shape index (κ2) is 5.58. The van der Waals surface area contributed by atoms with Crippen molar-refractivity contribution in [3.63, 3.8) is 0 Å². The summed E-state index contributed by atoms with van der Waals surface area (Å²) >= 11 is 1.69. The van der Waals surface area contributed by atoms with Gasteiger partial charge in [0.15, 0.2) is 0 Å². The van der Waals surface area contributed by atoms with Crippen molar-refractivity contribution < 1.29 is 0 Å². The monoisotopic (exact) mass is 290 g/mol. The second-order valence-electron chi connectivity index (χ2n) is 5.43. The number of rotatable bonds is 6. The SMILES string of the molecule is CCN(CCNc1cc2nc(C)sc2cc1N)C1CC1. The molecule has 0 unspecified atom stereocenters. The predicted octanol–water partition coefficient (Wildman–Crippen LogP) is 3.08. The lowest BCUT2D eigenvalue weighted by Crippen LogP contribution is -2.31. The number of aromatic nitrogens is 1. The Kier molecular flexibility index (Phi) is 3.81. The van der Waals surface area contributed by atoms with Gasteiger partial charge in [0.25, 0.3) is 0 Å². The standard InChI is InChI=1S/C15H22N4S/c1-3-19(11-4-5-11)7-6-17-13-9-14-15(8-12(13)16)20-10(2)18-14/h8-9,11,17H,3-7,16H2,1-2H3. The van der Waals surface area contributed by atoms with E-state index in [1.807, 2.05) is 13.0 Å². The first-order valence-electron chi connectivity index (χ1n) is 7.32. The van der Waals surface area contributed by atoms with Gasteiger partial charge in [-0.1, -0.05) is 6.92 Å². The lowest BCUT2D eigenvalue weighted by molar-refractivity contribution is 0.289. The zero-order valence-corrected chi connectivity index (χ0v) is 13.0. The molecule has 0 amide bonds. The van der Waals surface area contributed by atoms with Crippen LogP contribution in [0.15, 0.2) is 12.1 Å². The van der Waals surface area contributed by atoms with Crippen LogP contribution in [-0.4, -0.2) is 35.6 Å². The minimum Gasteiger partial charge on any atom is -0.397 e. The summed E-state index contributed by atoms with van der Waals surface area (Å²) in [7, 11) is 0. The van der Waals surface area contributed by atoms with E-state index in [-0.39, 0.29) is 0 Å². The number of thiazole rings is 1. The molecule has 1 aliphatic carbocycles. The summed E-state index contributed by atoms with van der Waals surface area (Å²) in [5.41, 5.74) is 8.99. The van der Waals surface area contributed by atoms with E-state index in [2.05, 4.69) is 28.2 Å². The van der Waals surface area contributed by atoms with E-state index in [9.17, 15) is 0 Å². The lowest BCUT2D eigenvalue weighted by atomic mass is 10.2. The molecule has 1 fully saturated rings. The smallest absolute Gasteiger partial charge is 0.0907 e. The Morgan fingerprint density at radius 1 is 1.45 bits per heavy atom. The predicted molar refractivity (Wildman–Crippen MR) is 87.5 cm³/mol. The van der Waals surface area contributed by atoms with Crippen LogP contribution < -0.4 is 11.1 Å². The Bertz CT molecular complexity index is 603. The third-order valence-electron chi connectivity index (χ3n) is 3.85. The van der Waals surface area contributed by atoms with Gasteiger partial charge in [-0.3, -0.25) is 4.90 Å². The van der Waals surface area contributed by atoms with Gasteiger partial charge in [0.1, 0.15) is 0 Å². The van der Waals surface area contributed by atoms with Gasteiger partial charge in [-0.2, -0.15) is 0 Å². The Morgan fingerprint density at radius 3 is 2.95 bits per heavy atom. The van der Waals surface area contributed by atoms with Gasteiger partial charge in [-0.15, -0.1) is 11.3 Å². The van der Waals surface area contributed by atoms with Crippen molar-refractivity contribution in [2.75, 3.05) is 30.7 Å². The van der Waals surface area contributed by atoms with Gasteiger partial charge in [0, 0.05) is 19.1 Å². The number of aryl methyl sites for hydroxylation is 1. The quantitative estimate of drug-likeness (QED) is 0.803. The number of benzene rings is 1. The highest BCUT2D eigenvalue weighted by molar-refractivity contribution is 7.18. The number of nitrogens with one attached hydrogen (secondary N) is 1. The van der Waals surface area contributed by atoms with Crippen molar-refractivity contribution in [1.29, 1.82) is 0 Å². The Morgan fingerprint density at radius 2 is 2.25 bits per heavy atom. The molecule has 0 atom stereocenters. The molecule has 1 aliphatic rings. The highest BCUT2D eigenvalue weighted by Crippen LogP contribution is 2.30. The Balaban J connectivity index is 1.65. The first kappa shape index (κ1) is 13.6. The average molecular weight is 290 g/mol. The number of anilines is 2. The number of hydrogen-bond donors (Lipinski definition) is 2. The third-order valence-corrected chi connectivity index (χ3v) is 4.78. The van der Waals surface area contributed by atoms with Crippen LogP contribution in [0.25, 0.3) is 10.2 Å². The minimum absolute atomic E-state index is 0.815. The zero-order chi connectivity index (χ0) is 14.1. The van der Waals surface area contributed by atoms with Crippen LogP contribution in [0.4, 0.5) is 11.4 Å². The van der Waals surface area contributed by atoms with Crippen LogP contribution in [0, 0.1) is 6.92 Å². The topological polar surface area (TPSA) is 54.2 Å². The molecule has 0 aliphatic heterocycles. The van der Waals surface area contributed by atoms with Gasteiger partial charge in [0.05, 0.1) is 26.6 Å². The number of fused-ring (bicyclic) bond motifs is 1. The summed E-state index contributed by atoms with van der Waals surface area (Å²) in [6.07, 6.45) is 2.72. The summed E-state index contributed by atoms with van der Waals surface area (Å²) in [6, 6.07) is 4.92. The number of likely N-dealkylation sites (N-methyl/N-ethyl adjacent to an activating group) is 1. The van der Waals surface area contributed by atoms with Gasteiger partial charge < -0.3 is 11.1 Å². The maximum Gasteiger partial charge on any atom is 0.0907 e. The molecule has 20 heavy (non-hydrogen) atoms. The van der Waals surface area contributed by atoms with Crippen LogP contribution in [0.5, 0.6) is 0 Å². The minimum atomic E-state index is 0.815. The molecule has 0 radical (unpaired) electrons. The molecular formula is C15H22N4S. The Labute approximate surface area is 124 Å². The van der Waals surface area contributed by atoms with Crippen LogP contribution in [0.1, 0.15) is 24.8 Å². The maximum atomic E-state index is 6.12. The summed E-state index contributed by atoms with van der Waals surface area (Å²) in [6.45, 7) is 7.41. The van der Waals surface area contributed by atoms with E-state index in [0.717, 1.165) is 47.6 Å². The van der Waals surface area contributed by atoms with Crippen LogP contribution in [0.3, 0.4) is 0 Å². The first-order chi connectivity index (χ1) is 9.67. The summed E-state index contributed by atoms with van der Waals surface area (Å²) in [5, 5.41) is 4.55. The normalized spacial score (nSPS) is 15.2. The van der Waals surface area contributed by atoms with Crippen LogP contribution >= 0.6 is 11.3 Å². The number of nitrogen functional groups attached to an aromatic ring is 1. The fourth-order valence-electron chi connectivity index (χ4n) is 2.63. The van der Waals surface area contributed by atoms with Gasteiger partial charge in [-0.05, 0) is 38.4 Å². The van der Waals surface area contributed by atoms with Crippen LogP contribution in [0.2, 0.25) is 0 Å². The van der Waals surface area contributed by atoms with Crippen molar-refractivity contribution in [2.24, 2.45) is 0 Å². The zero-order valence-electron chi connectivity index (χ0n) is 12.1. The molecule has 1 aromatic carbocycles. The molecule has 4 nitrogen and oxygen atoms in total. The fourth-order valence-corrected chi connectivity index (χ4v) is 3.49. The van der Waals surface area contributed by atoms with Crippen molar-refractivity contribution in [1.82, 2.24) is 9.88 Å². The van der Waals surface area contributed by atoms with Gasteiger partial charge in [-0.25, -0.2) is 4.98 Å². The number of nitrogens with zero attached hydrogens (tertiary/aromatic N) is 2.